The highest BCUT2D eigenvalue weighted by Crippen LogP contribution is 2.35. The van der Waals surface area contributed by atoms with Crippen LogP contribution in [-0.4, -0.2) is 76.7 Å². The number of aliphatic hydroxyl groups is 2. The van der Waals surface area contributed by atoms with Crippen molar-refractivity contribution in [2.75, 3.05) is 26.4 Å². The lowest BCUT2D eigenvalue weighted by atomic mass is 9.99. The number of fused-ring (bicyclic) bond motifs is 2. The first-order valence-corrected chi connectivity index (χ1v) is 15.2. The Morgan fingerprint density at radius 1 is 0.977 bits per heavy atom. The second-order valence-corrected chi connectivity index (χ2v) is 11.5. The number of Topliss-reactive ketones (excluding diaryl/α,β-unsaturated/α-hetero) is 1. The van der Waals surface area contributed by atoms with Crippen molar-refractivity contribution in [1.82, 2.24) is 15.3 Å². The van der Waals surface area contributed by atoms with E-state index in [0.29, 0.717) is 36.9 Å². The smallest absolute Gasteiger partial charge is 0.295 e. The Morgan fingerprint density at radius 3 is 2.44 bits per heavy atom. The summed E-state index contributed by atoms with van der Waals surface area (Å²) in [6.07, 6.45) is 0.712. The first-order chi connectivity index (χ1) is 21.0. The Labute approximate surface area is 255 Å². The molecule has 0 saturated carbocycles. The van der Waals surface area contributed by atoms with E-state index in [1.807, 2.05) is 12.1 Å². The van der Waals surface area contributed by atoms with E-state index >= 15 is 0 Å². The fraction of sp³-hybridized carbons (Fsp3) is 0.394. The van der Waals surface area contributed by atoms with Gasteiger partial charge in [0.15, 0.2) is 6.10 Å². The molecule has 2 aliphatic rings. The zero-order valence-corrected chi connectivity index (χ0v) is 24.6. The van der Waals surface area contributed by atoms with Crippen LogP contribution in [0.3, 0.4) is 0 Å². The number of aromatic nitrogens is 2. The first kappa shape index (κ1) is 29.7. The van der Waals surface area contributed by atoms with E-state index < -0.39 is 6.10 Å². The van der Waals surface area contributed by atoms with E-state index in [1.54, 1.807) is 0 Å². The van der Waals surface area contributed by atoms with Crippen molar-refractivity contribution in [3.8, 4) is 28.3 Å². The zero-order valence-electron chi connectivity index (χ0n) is 23.8. The van der Waals surface area contributed by atoms with Gasteiger partial charge in [0.1, 0.15) is 24.1 Å². The van der Waals surface area contributed by atoms with Crippen LogP contribution in [0.25, 0.3) is 33.3 Å². The van der Waals surface area contributed by atoms with Crippen LogP contribution in [0.15, 0.2) is 60.7 Å². The summed E-state index contributed by atoms with van der Waals surface area (Å²) in [5.74, 6) is 0.213. The summed E-state index contributed by atoms with van der Waals surface area (Å²) in [6, 6.07) is 20.9. The highest BCUT2D eigenvalue weighted by molar-refractivity contribution is 6.34. The lowest BCUT2D eigenvalue weighted by Crippen LogP contribution is -2.34. The summed E-state index contributed by atoms with van der Waals surface area (Å²) in [5.41, 5.74) is 6.77. The topological polar surface area (TPSA) is 126 Å². The van der Waals surface area contributed by atoms with Crippen LogP contribution < -0.4 is 10.1 Å². The normalized spacial score (nSPS) is 21.4. The number of carbonyl (C=O) groups excluding carboxylic acids is 1. The molecular formula is C33H36ClN3O6. The van der Waals surface area contributed by atoms with Gasteiger partial charge in [-0.15, -0.1) is 0 Å². The Balaban J connectivity index is 1.05. The number of ether oxygens (including phenoxy) is 3. The number of ketones is 1. The molecule has 0 bridgehead atoms. The number of hydrogen-bond donors (Lipinski definition) is 4. The lowest BCUT2D eigenvalue weighted by molar-refractivity contribution is -0.119. The molecule has 3 aromatic carbocycles. The SMILES string of the molecule is O=C(CCCO)CCCNCc1ccc(-c2ccc(-c3cc4nc(O[C@@H]5CO[C@H]6[C@@H]5OC[C@H]6O)[nH]c4cc3Cl)cc2)cc1. The van der Waals surface area contributed by atoms with Crippen LogP contribution in [-0.2, 0) is 20.8 Å². The fourth-order valence-corrected chi connectivity index (χ4v) is 5.95. The molecule has 1 aromatic heterocycles. The number of hydrogen-bond acceptors (Lipinski definition) is 8. The Hall–Kier alpha value is -3.31. The number of aromatic amines is 1. The van der Waals surface area contributed by atoms with E-state index in [1.165, 1.54) is 5.56 Å². The number of H-pyrrole nitrogens is 1. The van der Waals surface area contributed by atoms with Gasteiger partial charge in [-0.1, -0.05) is 60.1 Å². The molecule has 226 valence electrons. The number of rotatable bonds is 13. The largest absolute Gasteiger partial charge is 0.456 e. The van der Waals surface area contributed by atoms with Gasteiger partial charge < -0.3 is 34.7 Å². The minimum atomic E-state index is -0.632. The van der Waals surface area contributed by atoms with Crippen molar-refractivity contribution in [3.05, 3.63) is 71.2 Å². The van der Waals surface area contributed by atoms with Crippen LogP contribution >= 0.6 is 11.6 Å². The molecule has 4 N–H and O–H groups in total. The summed E-state index contributed by atoms with van der Waals surface area (Å²) in [5, 5.41) is 22.8. The van der Waals surface area contributed by atoms with Gasteiger partial charge in [0.2, 0.25) is 0 Å². The molecule has 0 amide bonds. The van der Waals surface area contributed by atoms with Crippen molar-refractivity contribution in [1.29, 1.82) is 0 Å². The number of nitrogens with one attached hydrogen (secondary N) is 2. The molecular weight excluding hydrogens is 570 g/mol. The van der Waals surface area contributed by atoms with Gasteiger partial charge in [0.05, 0.1) is 29.3 Å². The summed E-state index contributed by atoms with van der Waals surface area (Å²) in [6.45, 7) is 2.18. The molecule has 0 unspecified atom stereocenters. The van der Waals surface area contributed by atoms with Crippen LogP contribution in [0.5, 0.6) is 6.01 Å². The first-order valence-electron chi connectivity index (χ1n) is 14.8. The van der Waals surface area contributed by atoms with Crippen LogP contribution in [0.4, 0.5) is 0 Å². The maximum atomic E-state index is 11.7. The summed E-state index contributed by atoms with van der Waals surface area (Å²) < 4.78 is 17.3. The summed E-state index contributed by atoms with van der Waals surface area (Å²) in [4.78, 5) is 19.5. The Kier molecular flexibility index (Phi) is 9.37. The molecule has 4 aromatic rings. The summed E-state index contributed by atoms with van der Waals surface area (Å²) >= 11 is 6.69. The molecule has 2 aliphatic heterocycles. The van der Waals surface area contributed by atoms with Crippen molar-refractivity contribution in [2.24, 2.45) is 0 Å². The van der Waals surface area contributed by atoms with Crippen molar-refractivity contribution in [2.45, 2.75) is 56.6 Å². The third-order valence-electron chi connectivity index (χ3n) is 8.03. The van der Waals surface area contributed by atoms with Gasteiger partial charge in [-0.2, -0.15) is 4.98 Å². The Bertz CT molecular complexity index is 1540. The van der Waals surface area contributed by atoms with Crippen molar-refractivity contribution in [3.63, 3.8) is 0 Å². The van der Waals surface area contributed by atoms with E-state index in [0.717, 1.165) is 52.8 Å². The van der Waals surface area contributed by atoms with Gasteiger partial charge in [-0.05, 0) is 53.8 Å². The third kappa shape index (κ3) is 6.93. The minimum Gasteiger partial charge on any atom is -0.456 e. The predicted molar refractivity (Wildman–Crippen MR) is 164 cm³/mol. The fourth-order valence-electron chi connectivity index (χ4n) is 5.67. The van der Waals surface area contributed by atoms with Gasteiger partial charge >= 0.3 is 0 Å². The molecule has 9 nitrogen and oxygen atoms in total. The van der Waals surface area contributed by atoms with Crippen LogP contribution in [0.1, 0.15) is 31.2 Å². The number of aliphatic hydroxyl groups excluding tert-OH is 2. The number of nitrogens with zero attached hydrogens (tertiary/aromatic N) is 1. The molecule has 4 atom stereocenters. The molecule has 0 aliphatic carbocycles. The highest BCUT2D eigenvalue weighted by atomic mass is 35.5. The highest BCUT2D eigenvalue weighted by Gasteiger charge is 2.48. The maximum absolute atomic E-state index is 11.7. The van der Waals surface area contributed by atoms with Crippen molar-refractivity contribution >= 4 is 28.4 Å². The molecule has 3 heterocycles. The molecule has 0 radical (unpaired) electrons. The molecule has 2 fully saturated rings. The van der Waals surface area contributed by atoms with E-state index in [2.05, 4.69) is 63.8 Å². The van der Waals surface area contributed by atoms with Gasteiger partial charge in [-0.25, -0.2) is 0 Å². The molecule has 0 spiro atoms. The number of imidazole rings is 1. The second-order valence-electron chi connectivity index (χ2n) is 11.1. The maximum Gasteiger partial charge on any atom is 0.295 e. The van der Waals surface area contributed by atoms with Crippen molar-refractivity contribution < 1.29 is 29.2 Å². The quantitative estimate of drug-likeness (QED) is 0.162. The zero-order chi connectivity index (χ0) is 29.8. The standard InChI is InChI=1S/C33H36ClN3O6/c34-26-16-28-27(36-33(37-28)43-30-19-42-31-29(40)18-41-32(30)31)15-25(26)23-11-9-22(10-12-23)21-7-5-20(6-8-21)17-35-13-1-3-24(39)4-2-14-38/h5-12,15-16,29-32,35,38,40H,1-4,13-14,17-19H2,(H,36,37)/t29-,30-,31-,32-/m1/s1. The number of benzene rings is 3. The Morgan fingerprint density at radius 2 is 1.67 bits per heavy atom. The monoisotopic (exact) mass is 605 g/mol. The van der Waals surface area contributed by atoms with E-state index in [-0.39, 0.29) is 37.3 Å². The number of carbonyl (C=O) groups is 1. The average Bonchev–Trinajstić information content (AvgIpc) is 3.72. The van der Waals surface area contributed by atoms with Gasteiger partial charge in [0, 0.05) is 31.6 Å². The average molecular weight is 606 g/mol. The molecule has 6 rings (SSSR count). The lowest BCUT2D eigenvalue weighted by Gasteiger charge is -2.15. The number of halogens is 1. The molecule has 10 heteroatoms. The molecule has 43 heavy (non-hydrogen) atoms. The molecule has 2 saturated heterocycles. The van der Waals surface area contributed by atoms with E-state index in [4.69, 9.17) is 30.9 Å². The predicted octanol–water partition coefficient (Wildman–Crippen LogP) is 4.67. The minimum absolute atomic E-state index is 0.0702. The summed E-state index contributed by atoms with van der Waals surface area (Å²) in [7, 11) is 0. The van der Waals surface area contributed by atoms with Crippen LogP contribution in [0, 0.1) is 0 Å². The third-order valence-corrected chi connectivity index (χ3v) is 8.34. The van der Waals surface area contributed by atoms with Gasteiger partial charge in [0.25, 0.3) is 6.01 Å². The van der Waals surface area contributed by atoms with Gasteiger partial charge in [-0.3, -0.25) is 4.79 Å². The van der Waals surface area contributed by atoms with Crippen LogP contribution in [0.2, 0.25) is 5.02 Å². The van der Waals surface area contributed by atoms with E-state index in [9.17, 15) is 9.90 Å². The second kappa shape index (κ2) is 13.5.